The molecule has 2 nitrogen and oxygen atoms in total. The van der Waals surface area contributed by atoms with Crippen LogP contribution in [-0.2, 0) is 4.79 Å². The van der Waals surface area contributed by atoms with Crippen LogP contribution in [0.2, 0.25) is 0 Å². The Labute approximate surface area is 53.5 Å². The van der Waals surface area contributed by atoms with Crippen molar-refractivity contribution in [2.75, 3.05) is 0 Å². The fraction of sp³-hybridized carbons (Fsp3) is 0.250. The van der Waals surface area contributed by atoms with Gasteiger partial charge < -0.3 is 5.73 Å². The number of hydrogen-bond acceptors (Lipinski definition) is 1. The van der Waals surface area contributed by atoms with Crippen LogP contribution < -0.4 is 5.73 Å². The first kappa shape index (κ1) is 9.89. The molecular formula is C4H10AlNO. The van der Waals surface area contributed by atoms with Gasteiger partial charge in [-0.15, -0.1) is 0 Å². The van der Waals surface area contributed by atoms with Crippen molar-refractivity contribution < 1.29 is 4.79 Å². The molecule has 3 heteroatoms. The Morgan fingerprint density at radius 1 is 1.71 bits per heavy atom. The van der Waals surface area contributed by atoms with Gasteiger partial charge in [0.2, 0.25) is 5.91 Å². The third kappa shape index (κ3) is 5.74. The largest absolute Gasteiger partial charge is 0.366 e. The zero-order valence-corrected chi connectivity index (χ0v) is 3.69. The van der Waals surface area contributed by atoms with E-state index >= 15 is 0 Å². The number of hydrogen-bond donors (Lipinski definition) is 1. The average Bonchev–Trinajstić information content (AvgIpc) is 1.36. The van der Waals surface area contributed by atoms with E-state index in [0.717, 1.165) is 0 Å². The first-order chi connectivity index (χ1) is 2.64. The van der Waals surface area contributed by atoms with Crippen molar-refractivity contribution in [2.45, 2.75) is 6.92 Å². The van der Waals surface area contributed by atoms with Crippen molar-refractivity contribution in [1.82, 2.24) is 0 Å². The third-order valence-corrected chi connectivity index (χ3v) is 0.421. The van der Waals surface area contributed by atoms with Crippen LogP contribution in [0.15, 0.2) is 12.2 Å². The summed E-state index contributed by atoms with van der Waals surface area (Å²) in [5.41, 5.74) is 5.09. The molecule has 0 heterocycles. The highest BCUT2D eigenvalue weighted by molar-refractivity contribution is 5.90. The summed E-state index contributed by atoms with van der Waals surface area (Å²) in [5, 5.41) is 0. The number of carbonyl (C=O) groups excluding carboxylic acids is 1. The Morgan fingerprint density at radius 2 is 1.86 bits per heavy atom. The van der Waals surface area contributed by atoms with Crippen LogP contribution in [0.25, 0.3) is 0 Å². The first-order valence-electron chi connectivity index (χ1n) is 1.60. The topological polar surface area (TPSA) is 43.1 Å². The lowest BCUT2D eigenvalue weighted by Crippen LogP contribution is -2.10. The van der Waals surface area contributed by atoms with Gasteiger partial charge in [0, 0.05) is 5.57 Å². The molecule has 0 unspecified atom stereocenters. The maximum atomic E-state index is 9.82. The summed E-state index contributed by atoms with van der Waals surface area (Å²) in [5.74, 6) is -0.435. The Balaban J connectivity index is 0. The highest BCUT2D eigenvalue weighted by Gasteiger charge is 1.86. The third-order valence-electron chi connectivity index (χ3n) is 0.421. The Bertz CT molecular complexity index is 77.7. The van der Waals surface area contributed by atoms with Crippen LogP contribution in [0.1, 0.15) is 6.92 Å². The van der Waals surface area contributed by atoms with E-state index in [2.05, 4.69) is 6.58 Å². The minimum absolute atomic E-state index is 0. The molecule has 0 rings (SSSR count). The second-order valence-electron chi connectivity index (χ2n) is 1.14. The molecular weight excluding hydrogens is 105 g/mol. The smallest absolute Gasteiger partial charge is 0.243 e. The van der Waals surface area contributed by atoms with Crippen LogP contribution in [0, 0.1) is 0 Å². The number of rotatable bonds is 1. The van der Waals surface area contributed by atoms with Gasteiger partial charge in [-0.05, 0) is 6.92 Å². The minimum atomic E-state index is -0.435. The molecule has 0 radical (unpaired) electrons. The summed E-state index contributed by atoms with van der Waals surface area (Å²) < 4.78 is 0. The van der Waals surface area contributed by atoms with Crippen LogP contribution >= 0.6 is 0 Å². The summed E-state index contributed by atoms with van der Waals surface area (Å²) >= 11 is 0. The van der Waals surface area contributed by atoms with Crippen molar-refractivity contribution in [3.05, 3.63) is 12.2 Å². The van der Waals surface area contributed by atoms with Crippen LogP contribution in [0.4, 0.5) is 0 Å². The molecule has 0 bridgehead atoms. The van der Waals surface area contributed by atoms with E-state index in [4.69, 9.17) is 5.73 Å². The molecule has 0 aromatic carbocycles. The van der Waals surface area contributed by atoms with Gasteiger partial charge in [0.15, 0.2) is 17.4 Å². The van der Waals surface area contributed by atoms with Gasteiger partial charge in [0.05, 0.1) is 0 Å². The molecule has 0 spiro atoms. The van der Waals surface area contributed by atoms with E-state index in [9.17, 15) is 4.79 Å². The first-order valence-corrected chi connectivity index (χ1v) is 1.60. The van der Waals surface area contributed by atoms with Crippen molar-refractivity contribution in [2.24, 2.45) is 5.73 Å². The van der Waals surface area contributed by atoms with E-state index in [1.807, 2.05) is 0 Å². The van der Waals surface area contributed by atoms with Gasteiger partial charge in [-0.3, -0.25) is 4.79 Å². The molecule has 0 aliphatic carbocycles. The molecule has 0 aromatic heterocycles. The van der Waals surface area contributed by atoms with Crippen LogP contribution in [-0.4, -0.2) is 23.3 Å². The van der Waals surface area contributed by atoms with Crippen molar-refractivity contribution >= 4 is 23.3 Å². The maximum absolute atomic E-state index is 9.82. The fourth-order valence-electron chi connectivity index (χ4n) is 0. The summed E-state index contributed by atoms with van der Waals surface area (Å²) in [6.45, 7) is 4.85. The minimum Gasteiger partial charge on any atom is -0.366 e. The molecule has 0 atom stereocenters. The highest BCUT2D eigenvalue weighted by Crippen LogP contribution is 1.78. The second-order valence-corrected chi connectivity index (χ2v) is 1.14. The van der Waals surface area contributed by atoms with Crippen LogP contribution in [0.3, 0.4) is 0 Å². The molecule has 40 valence electrons. The fourth-order valence-corrected chi connectivity index (χ4v) is 0. The van der Waals surface area contributed by atoms with Crippen LogP contribution in [0.5, 0.6) is 0 Å². The van der Waals surface area contributed by atoms with Crippen molar-refractivity contribution in [3.63, 3.8) is 0 Å². The van der Waals surface area contributed by atoms with E-state index in [1.54, 1.807) is 6.92 Å². The van der Waals surface area contributed by atoms with E-state index in [0.29, 0.717) is 5.57 Å². The standard InChI is InChI=1S/C4H7NO.Al.3H/c1-3(2)4(5)6;;;;/h1H2,2H3,(H2,5,6);;;;. The molecule has 0 aliphatic rings. The summed E-state index contributed by atoms with van der Waals surface area (Å²) in [4.78, 5) is 9.82. The summed E-state index contributed by atoms with van der Waals surface area (Å²) in [7, 11) is 0. The normalized spacial score (nSPS) is 6.43. The van der Waals surface area contributed by atoms with Gasteiger partial charge in [-0.2, -0.15) is 0 Å². The van der Waals surface area contributed by atoms with Gasteiger partial charge in [0.1, 0.15) is 0 Å². The average molecular weight is 115 g/mol. The quantitative estimate of drug-likeness (QED) is 0.341. The Morgan fingerprint density at radius 3 is 1.86 bits per heavy atom. The number of amides is 1. The predicted octanol–water partition coefficient (Wildman–Crippen LogP) is -1.14. The van der Waals surface area contributed by atoms with E-state index in [-0.39, 0.29) is 17.4 Å². The van der Waals surface area contributed by atoms with Gasteiger partial charge >= 0.3 is 0 Å². The molecule has 0 saturated carbocycles. The maximum Gasteiger partial charge on any atom is 0.243 e. The van der Waals surface area contributed by atoms with Gasteiger partial charge in [0.25, 0.3) is 0 Å². The molecule has 0 aromatic rings. The number of carbonyl (C=O) groups is 1. The van der Waals surface area contributed by atoms with Gasteiger partial charge in [-0.1, -0.05) is 6.58 Å². The van der Waals surface area contributed by atoms with E-state index < -0.39 is 5.91 Å². The van der Waals surface area contributed by atoms with E-state index in [1.165, 1.54) is 0 Å². The SMILES string of the molecule is C=C(C)C(N)=O.[AlH3]. The Hall–Kier alpha value is -0.258. The lowest BCUT2D eigenvalue weighted by Gasteiger charge is -1.81. The second kappa shape index (κ2) is 3.92. The molecule has 0 aliphatic heterocycles. The lowest BCUT2D eigenvalue weighted by atomic mass is 10.3. The van der Waals surface area contributed by atoms with Crippen molar-refractivity contribution in [1.29, 1.82) is 0 Å². The molecule has 0 fully saturated rings. The Kier molecular flexibility index (Phi) is 5.53. The molecule has 2 N–H and O–H groups in total. The lowest BCUT2D eigenvalue weighted by molar-refractivity contribution is -0.114. The zero-order chi connectivity index (χ0) is 5.15. The highest BCUT2D eigenvalue weighted by atomic mass is 27.0. The summed E-state index contributed by atoms with van der Waals surface area (Å²) in [6.07, 6.45) is 0. The predicted molar refractivity (Wildman–Crippen MR) is 33.9 cm³/mol. The molecule has 1 amide bonds. The molecule has 7 heavy (non-hydrogen) atoms. The molecule has 0 saturated heterocycles. The number of nitrogens with two attached hydrogens (primary N) is 1. The van der Waals surface area contributed by atoms with Gasteiger partial charge in [-0.25, -0.2) is 0 Å². The summed E-state index contributed by atoms with van der Waals surface area (Å²) in [6, 6.07) is 0. The van der Waals surface area contributed by atoms with Crippen molar-refractivity contribution in [3.8, 4) is 0 Å². The number of primary amides is 1. The zero-order valence-electron chi connectivity index (χ0n) is 3.69. The monoisotopic (exact) mass is 115 g/mol.